The highest BCUT2D eigenvalue weighted by Crippen LogP contribution is 2.16. The molecule has 0 aromatic heterocycles. The molecule has 82 heavy (non-hydrogen) atoms. The molecule has 0 bridgehead atoms. The molecular weight excluding hydrogens is 1010 g/mol. The van der Waals surface area contributed by atoms with Crippen LogP contribution in [0, 0.1) is 0 Å². The number of carbonyl (C=O) groups is 3. The zero-order chi connectivity index (χ0) is 59.2. The number of esters is 3. The third-order valence-electron chi connectivity index (χ3n) is 14.1. The highest BCUT2D eigenvalue weighted by Gasteiger charge is 2.19. The van der Waals surface area contributed by atoms with Crippen molar-refractivity contribution in [3.05, 3.63) is 146 Å². The number of ether oxygens (including phenoxy) is 3. The van der Waals surface area contributed by atoms with Gasteiger partial charge in [-0.05, 0) is 135 Å². The maximum atomic E-state index is 12.9. The molecule has 0 rings (SSSR count). The molecular formula is C76H124O6. The summed E-state index contributed by atoms with van der Waals surface area (Å²) >= 11 is 0. The lowest BCUT2D eigenvalue weighted by Gasteiger charge is -2.18. The predicted octanol–water partition coefficient (Wildman–Crippen LogP) is 23.5. The lowest BCUT2D eigenvalue weighted by molar-refractivity contribution is -0.167. The van der Waals surface area contributed by atoms with Gasteiger partial charge in [-0.2, -0.15) is 0 Å². The lowest BCUT2D eigenvalue weighted by atomic mass is 10.0. The van der Waals surface area contributed by atoms with E-state index in [9.17, 15) is 14.4 Å². The van der Waals surface area contributed by atoms with E-state index in [0.29, 0.717) is 19.3 Å². The van der Waals surface area contributed by atoms with Gasteiger partial charge in [0.05, 0.1) is 0 Å². The number of carbonyl (C=O) groups excluding carboxylic acids is 3. The Hall–Kier alpha value is -4.71. The third kappa shape index (κ3) is 66.1. The van der Waals surface area contributed by atoms with Crippen molar-refractivity contribution >= 4 is 17.9 Å². The van der Waals surface area contributed by atoms with E-state index in [0.717, 1.165) is 135 Å². The molecule has 6 nitrogen and oxygen atoms in total. The van der Waals surface area contributed by atoms with Gasteiger partial charge >= 0.3 is 17.9 Å². The Balaban J connectivity index is 4.34. The molecule has 0 aromatic rings. The Kier molecular flexibility index (Phi) is 64.8. The third-order valence-corrected chi connectivity index (χ3v) is 14.1. The fourth-order valence-corrected chi connectivity index (χ4v) is 9.07. The maximum absolute atomic E-state index is 12.9. The summed E-state index contributed by atoms with van der Waals surface area (Å²) in [7, 11) is 0. The van der Waals surface area contributed by atoms with Crippen molar-refractivity contribution in [2.24, 2.45) is 0 Å². The van der Waals surface area contributed by atoms with Gasteiger partial charge in [0.15, 0.2) is 6.10 Å². The Morgan fingerprint density at radius 2 is 0.488 bits per heavy atom. The molecule has 0 saturated carbocycles. The summed E-state index contributed by atoms with van der Waals surface area (Å²) in [6.07, 6.45) is 98.7. The first kappa shape index (κ1) is 77.3. The summed E-state index contributed by atoms with van der Waals surface area (Å²) in [5.74, 6) is -0.978. The van der Waals surface area contributed by atoms with Gasteiger partial charge in [-0.3, -0.25) is 14.4 Å². The van der Waals surface area contributed by atoms with Crippen molar-refractivity contribution in [1.29, 1.82) is 0 Å². The molecule has 0 saturated heterocycles. The molecule has 1 atom stereocenters. The van der Waals surface area contributed by atoms with Crippen LogP contribution in [0.25, 0.3) is 0 Å². The Morgan fingerprint density at radius 3 is 0.780 bits per heavy atom. The van der Waals surface area contributed by atoms with E-state index >= 15 is 0 Å². The molecule has 6 heteroatoms. The van der Waals surface area contributed by atoms with Crippen molar-refractivity contribution in [1.82, 2.24) is 0 Å². The first-order valence-electron chi connectivity index (χ1n) is 33.8. The van der Waals surface area contributed by atoms with Gasteiger partial charge in [-0.1, -0.05) is 289 Å². The quantitative estimate of drug-likeness (QED) is 0.0261. The van der Waals surface area contributed by atoms with Gasteiger partial charge in [-0.15, -0.1) is 0 Å². The molecule has 0 aliphatic rings. The minimum absolute atomic E-state index is 0.108. The zero-order valence-corrected chi connectivity index (χ0v) is 53.2. The Morgan fingerprint density at radius 1 is 0.256 bits per heavy atom. The molecule has 0 fully saturated rings. The molecule has 0 amide bonds. The molecule has 1 unspecified atom stereocenters. The number of hydrogen-bond acceptors (Lipinski definition) is 6. The second kappa shape index (κ2) is 68.8. The summed E-state index contributed by atoms with van der Waals surface area (Å²) in [6.45, 7) is 6.35. The summed E-state index contributed by atoms with van der Waals surface area (Å²) in [6, 6.07) is 0. The van der Waals surface area contributed by atoms with E-state index < -0.39 is 6.10 Å². The monoisotopic (exact) mass is 1130 g/mol. The second-order valence-electron chi connectivity index (χ2n) is 22.0. The van der Waals surface area contributed by atoms with E-state index in [-0.39, 0.29) is 37.5 Å². The van der Waals surface area contributed by atoms with Gasteiger partial charge in [0, 0.05) is 19.3 Å². The van der Waals surface area contributed by atoms with E-state index in [1.807, 2.05) is 0 Å². The summed E-state index contributed by atoms with van der Waals surface area (Å²) in [4.78, 5) is 38.4. The number of rotatable bonds is 60. The molecule has 0 N–H and O–H groups in total. The largest absolute Gasteiger partial charge is 0.462 e. The Labute approximate surface area is 506 Å². The fourth-order valence-electron chi connectivity index (χ4n) is 9.07. The van der Waals surface area contributed by atoms with Crippen molar-refractivity contribution in [3.63, 3.8) is 0 Å². The lowest BCUT2D eigenvalue weighted by Crippen LogP contribution is -2.30. The van der Waals surface area contributed by atoms with Gasteiger partial charge < -0.3 is 14.2 Å². The minimum atomic E-state index is -0.820. The van der Waals surface area contributed by atoms with Crippen LogP contribution in [0.3, 0.4) is 0 Å². The number of hydrogen-bond donors (Lipinski definition) is 0. The Bertz CT molecular complexity index is 1780. The average Bonchev–Trinajstić information content (AvgIpc) is 3.48. The summed E-state index contributed by atoms with van der Waals surface area (Å²) < 4.78 is 16.9. The topological polar surface area (TPSA) is 78.9 Å². The summed E-state index contributed by atoms with van der Waals surface area (Å²) in [5.41, 5.74) is 0. The maximum Gasteiger partial charge on any atom is 0.306 e. The predicted molar refractivity (Wildman–Crippen MR) is 357 cm³/mol. The van der Waals surface area contributed by atoms with Crippen LogP contribution >= 0.6 is 0 Å². The summed E-state index contributed by atoms with van der Waals surface area (Å²) in [5, 5.41) is 0. The van der Waals surface area contributed by atoms with Crippen molar-refractivity contribution in [2.75, 3.05) is 13.2 Å². The van der Waals surface area contributed by atoms with Crippen LogP contribution in [0.15, 0.2) is 146 Å². The molecule has 0 spiro atoms. The van der Waals surface area contributed by atoms with E-state index in [2.05, 4.69) is 167 Å². The standard InChI is InChI=1S/C76H124O6/c1-4-7-10-13-16-19-22-25-28-31-32-33-34-35-36-37-38-39-40-41-42-43-44-46-48-51-54-57-60-63-66-69-75(78)81-72-73(71-80-74(77)68-65-62-59-56-53-50-47-30-27-24-21-18-15-12-9-6-3)82-76(79)70-67-64-61-58-55-52-49-45-29-26-23-20-17-14-11-8-5-2/h7-8,10-11,16-17,19-21,24-26,28-30,32-33,35-36,47,49,52,58,61,73H,4-6,9,12-15,18,22-23,27,31,34,37-46,48,50-51,53-57,59-60,62-72H2,1-3H3/b10-7-,11-8-,19-16-,20-17-,24-21-,28-25-,29-26-,33-32-,36-35-,47-30-,52-49-,61-58-. The van der Waals surface area contributed by atoms with Crippen molar-refractivity contribution in [3.8, 4) is 0 Å². The highest BCUT2D eigenvalue weighted by molar-refractivity contribution is 5.71. The minimum Gasteiger partial charge on any atom is -0.462 e. The molecule has 0 radical (unpaired) electrons. The van der Waals surface area contributed by atoms with Crippen LogP contribution in [0.5, 0.6) is 0 Å². The van der Waals surface area contributed by atoms with E-state index in [1.54, 1.807) is 0 Å². The second-order valence-corrected chi connectivity index (χ2v) is 22.0. The van der Waals surface area contributed by atoms with Gasteiger partial charge in [0.25, 0.3) is 0 Å². The van der Waals surface area contributed by atoms with Gasteiger partial charge in [-0.25, -0.2) is 0 Å². The average molecular weight is 1130 g/mol. The first-order valence-corrected chi connectivity index (χ1v) is 33.8. The molecule has 0 heterocycles. The van der Waals surface area contributed by atoms with Crippen LogP contribution < -0.4 is 0 Å². The molecule has 464 valence electrons. The van der Waals surface area contributed by atoms with E-state index in [4.69, 9.17) is 14.2 Å². The number of unbranched alkanes of at least 4 members (excludes halogenated alkanes) is 25. The van der Waals surface area contributed by atoms with Crippen LogP contribution in [0.2, 0.25) is 0 Å². The smallest absolute Gasteiger partial charge is 0.306 e. The van der Waals surface area contributed by atoms with Crippen LogP contribution in [-0.4, -0.2) is 37.2 Å². The van der Waals surface area contributed by atoms with Crippen molar-refractivity contribution in [2.45, 2.75) is 303 Å². The van der Waals surface area contributed by atoms with Gasteiger partial charge in [0.1, 0.15) is 13.2 Å². The van der Waals surface area contributed by atoms with Crippen LogP contribution in [0.4, 0.5) is 0 Å². The SMILES string of the molecule is CC/C=C\C/C=C\C/C=C\C/C=C\C/C=C\CCCCCCCCCCCCCCCCCC(=O)OCC(COC(=O)CCCCCCC/C=C\C/C=C\CCCCCC)OC(=O)CCC/C=C\C/C=C\C/C=C\C/C=C\C/C=C\CC. The zero-order valence-electron chi connectivity index (χ0n) is 53.2. The molecule has 0 aliphatic heterocycles. The van der Waals surface area contributed by atoms with E-state index in [1.165, 1.54) is 116 Å². The van der Waals surface area contributed by atoms with Crippen LogP contribution in [-0.2, 0) is 28.6 Å². The fraction of sp³-hybridized carbons (Fsp3) is 0.645. The first-order chi connectivity index (χ1) is 40.5. The number of allylic oxidation sites excluding steroid dienone is 24. The van der Waals surface area contributed by atoms with Crippen LogP contribution in [0.1, 0.15) is 297 Å². The molecule has 0 aliphatic carbocycles. The van der Waals surface area contributed by atoms with Gasteiger partial charge in [0.2, 0.25) is 0 Å². The highest BCUT2D eigenvalue weighted by atomic mass is 16.6. The van der Waals surface area contributed by atoms with Crippen molar-refractivity contribution < 1.29 is 28.6 Å². The normalized spacial score (nSPS) is 13.1. The molecule has 0 aromatic carbocycles.